The molecule has 0 N–H and O–H groups in total. The van der Waals surface area contributed by atoms with Crippen molar-refractivity contribution in [2.45, 2.75) is 57.8 Å². The normalized spacial score (nSPS) is 11.8. The van der Waals surface area contributed by atoms with Crippen LogP contribution in [-0.2, 0) is 4.79 Å². The van der Waals surface area contributed by atoms with Crippen LogP contribution in [0.1, 0.15) is 63.4 Å². The lowest BCUT2D eigenvalue weighted by Gasteiger charge is -2.08. The summed E-state index contributed by atoms with van der Waals surface area (Å²) >= 11 is 0. The van der Waals surface area contributed by atoms with Gasteiger partial charge in [-0.15, -0.1) is 0 Å². The first-order valence-corrected chi connectivity index (χ1v) is 7.36. The van der Waals surface area contributed by atoms with E-state index < -0.39 is 5.92 Å². The van der Waals surface area contributed by atoms with Crippen LogP contribution in [0.3, 0.4) is 0 Å². The summed E-state index contributed by atoms with van der Waals surface area (Å²) in [6, 6.07) is 7.64. The molecule has 0 aliphatic carbocycles. The number of hydrogen-bond acceptors (Lipinski definition) is 2. The Hall–Kier alpha value is -1.69. The molecule has 1 aromatic carbocycles. The standard InChI is InChI=1S/C17H22FNO/c1-2-3-4-5-6-7-8-17(20)16(13-19)14-9-11-15(18)12-10-14/h9-12,16H,2-8H2,1H3. The molecule has 0 saturated heterocycles. The maximum atomic E-state index is 12.8. The molecule has 1 atom stereocenters. The molecule has 1 unspecified atom stereocenters. The van der Waals surface area contributed by atoms with Gasteiger partial charge < -0.3 is 0 Å². The fraction of sp³-hybridized carbons (Fsp3) is 0.529. The highest BCUT2D eigenvalue weighted by atomic mass is 19.1. The van der Waals surface area contributed by atoms with Crippen molar-refractivity contribution in [2.24, 2.45) is 0 Å². The molecule has 1 aromatic rings. The zero-order valence-corrected chi connectivity index (χ0v) is 12.1. The molecular formula is C17H22FNO. The predicted octanol–water partition coefficient (Wildman–Crippen LogP) is 4.75. The summed E-state index contributed by atoms with van der Waals surface area (Å²) in [5.41, 5.74) is 0.588. The molecule has 0 aromatic heterocycles. The van der Waals surface area contributed by atoms with E-state index in [9.17, 15) is 9.18 Å². The second-order valence-electron chi connectivity index (χ2n) is 5.10. The van der Waals surface area contributed by atoms with Crippen LogP contribution >= 0.6 is 0 Å². The molecule has 0 saturated carbocycles. The van der Waals surface area contributed by atoms with Crippen LogP contribution in [0.25, 0.3) is 0 Å². The Morgan fingerprint density at radius 2 is 1.75 bits per heavy atom. The van der Waals surface area contributed by atoms with Crippen LogP contribution in [-0.4, -0.2) is 5.78 Å². The SMILES string of the molecule is CCCCCCCCC(=O)C(C#N)c1ccc(F)cc1. The van der Waals surface area contributed by atoms with Gasteiger partial charge in [0.2, 0.25) is 0 Å². The number of nitriles is 1. The Labute approximate surface area is 120 Å². The summed E-state index contributed by atoms with van der Waals surface area (Å²) in [7, 11) is 0. The van der Waals surface area contributed by atoms with Crippen LogP contribution < -0.4 is 0 Å². The van der Waals surface area contributed by atoms with Gasteiger partial charge in [0.1, 0.15) is 11.7 Å². The molecule has 0 radical (unpaired) electrons. The van der Waals surface area contributed by atoms with E-state index in [2.05, 4.69) is 6.92 Å². The third kappa shape index (κ3) is 5.52. The molecule has 0 aliphatic heterocycles. The highest BCUT2D eigenvalue weighted by Crippen LogP contribution is 2.19. The number of nitrogens with zero attached hydrogens (tertiary/aromatic N) is 1. The monoisotopic (exact) mass is 275 g/mol. The number of hydrogen-bond donors (Lipinski definition) is 0. The van der Waals surface area contributed by atoms with Crippen molar-refractivity contribution in [1.82, 2.24) is 0 Å². The van der Waals surface area contributed by atoms with Gasteiger partial charge in [-0.05, 0) is 24.1 Å². The Kier molecular flexibility index (Phi) is 7.57. The number of carbonyl (C=O) groups is 1. The van der Waals surface area contributed by atoms with E-state index >= 15 is 0 Å². The van der Waals surface area contributed by atoms with Crippen molar-refractivity contribution in [2.75, 3.05) is 0 Å². The molecule has 0 heterocycles. The molecule has 0 aliphatic rings. The summed E-state index contributed by atoms with van der Waals surface area (Å²) in [6.45, 7) is 2.17. The largest absolute Gasteiger partial charge is 0.298 e. The smallest absolute Gasteiger partial charge is 0.154 e. The highest BCUT2D eigenvalue weighted by molar-refractivity contribution is 5.88. The molecule has 0 fully saturated rings. The van der Waals surface area contributed by atoms with Crippen molar-refractivity contribution in [3.05, 3.63) is 35.6 Å². The van der Waals surface area contributed by atoms with Crippen molar-refractivity contribution in [3.8, 4) is 6.07 Å². The third-order valence-corrected chi connectivity index (χ3v) is 3.43. The summed E-state index contributed by atoms with van der Waals surface area (Å²) in [5.74, 6) is -1.17. The molecule has 108 valence electrons. The number of ketones is 1. The predicted molar refractivity (Wildman–Crippen MR) is 77.8 cm³/mol. The number of Topliss-reactive ketones (excluding diaryl/α,β-unsaturated/α-hetero) is 1. The van der Waals surface area contributed by atoms with Crippen LogP contribution in [0.5, 0.6) is 0 Å². The lowest BCUT2D eigenvalue weighted by Crippen LogP contribution is -2.10. The minimum absolute atomic E-state index is 0.0606. The van der Waals surface area contributed by atoms with E-state index in [1.54, 1.807) is 0 Å². The molecule has 20 heavy (non-hydrogen) atoms. The van der Waals surface area contributed by atoms with Gasteiger partial charge in [0.15, 0.2) is 5.78 Å². The zero-order chi connectivity index (χ0) is 14.8. The average Bonchev–Trinajstić information content (AvgIpc) is 2.45. The first kappa shape index (κ1) is 16.4. The second kappa shape index (κ2) is 9.25. The van der Waals surface area contributed by atoms with E-state index in [1.165, 1.54) is 43.5 Å². The summed E-state index contributed by atoms with van der Waals surface area (Å²) in [5, 5.41) is 9.13. The maximum absolute atomic E-state index is 12.8. The minimum Gasteiger partial charge on any atom is -0.298 e. The summed E-state index contributed by atoms with van der Waals surface area (Å²) in [4.78, 5) is 12.0. The van der Waals surface area contributed by atoms with E-state index in [0.717, 1.165) is 19.3 Å². The van der Waals surface area contributed by atoms with Gasteiger partial charge in [0.25, 0.3) is 0 Å². The van der Waals surface area contributed by atoms with Crippen LogP contribution in [0.2, 0.25) is 0 Å². The first-order chi connectivity index (χ1) is 9.69. The summed E-state index contributed by atoms with van der Waals surface area (Å²) < 4.78 is 12.8. The number of carbonyl (C=O) groups excluding carboxylic acids is 1. The van der Waals surface area contributed by atoms with Gasteiger partial charge in [-0.1, -0.05) is 51.2 Å². The second-order valence-corrected chi connectivity index (χ2v) is 5.10. The Bertz CT molecular complexity index is 447. The minimum atomic E-state index is -0.758. The number of unbranched alkanes of at least 4 members (excludes halogenated alkanes) is 5. The highest BCUT2D eigenvalue weighted by Gasteiger charge is 2.19. The van der Waals surface area contributed by atoms with Gasteiger partial charge >= 0.3 is 0 Å². The third-order valence-electron chi connectivity index (χ3n) is 3.43. The van der Waals surface area contributed by atoms with E-state index in [0.29, 0.717) is 12.0 Å². The van der Waals surface area contributed by atoms with Crippen molar-refractivity contribution < 1.29 is 9.18 Å². The number of halogens is 1. The fourth-order valence-electron chi connectivity index (χ4n) is 2.21. The summed E-state index contributed by atoms with van der Waals surface area (Å²) in [6.07, 6.45) is 7.11. The van der Waals surface area contributed by atoms with Gasteiger partial charge in [0, 0.05) is 6.42 Å². The molecule has 0 spiro atoms. The van der Waals surface area contributed by atoms with E-state index in [4.69, 9.17) is 5.26 Å². The molecule has 0 bridgehead atoms. The number of benzene rings is 1. The number of rotatable bonds is 9. The van der Waals surface area contributed by atoms with Crippen molar-refractivity contribution >= 4 is 5.78 Å². The van der Waals surface area contributed by atoms with E-state index in [1.807, 2.05) is 6.07 Å². The molecule has 3 heteroatoms. The lowest BCUT2D eigenvalue weighted by molar-refractivity contribution is -0.119. The van der Waals surface area contributed by atoms with Crippen molar-refractivity contribution in [1.29, 1.82) is 5.26 Å². The first-order valence-electron chi connectivity index (χ1n) is 7.36. The van der Waals surface area contributed by atoms with Gasteiger partial charge in [0.05, 0.1) is 6.07 Å². The van der Waals surface area contributed by atoms with E-state index in [-0.39, 0.29) is 11.6 Å². The molecule has 2 nitrogen and oxygen atoms in total. The quantitative estimate of drug-likeness (QED) is 0.610. The molecule has 1 rings (SSSR count). The van der Waals surface area contributed by atoms with Crippen LogP contribution in [0.4, 0.5) is 4.39 Å². The van der Waals surface area contributed by atoms with Crippen LogP contribution in [0.15, 0.2) is 24.3 Å². The zero-order valence-electron chi connectivity index (χ0n) is 12.1. The molecular weight excluding hydrogens is 253 g/mol. The Balaban J connectivity index is 2.40. The Morgan fingerprint density at radius 1 is 1.15 bits per heavy atom. The van der Waals surface area contributed by atoms with Gasteiger partial charge in [-0.2, -0.15) is 5.26 Å². The average molecular weight is 275 g/mol. The van der Waals surface area contributed by atoms with Gasteiger partial charge in [-0.3, -0.25) is 4.79 Å². The maximum Gasteiger partial charge on any atom is 0.154 e. The topological polar surface area (TPSA) is 40.9 Å². The van der Waals surface area contributed by atoms with Crippen molar-refractivity contribution in [3.63, 3.8) is 0 Å². The fourth-order valence-corrected chi connectivity index (χ4v) is 2.21. The van der Waals surface area contributed by atoms with Crippen LogP contribution in [0, 0.1) is 17.1 Å². The van der Waals surface area contributed by atoms with Gasteiger partial charge in [-0.25, -0.2) is 4.39 Å². The lowest BCUT2D eigenvalue weighted by atomic mass is 9.93. The Morgan fingerprint density at radius 3 is 2.35 bits per heavy atom. The molecule has 0 amide bonds.